The van der Waals surface area contributed by atoms with Crippen LogP contribution in [0.15, 0.2) is 24.3 Å². The minimum atomic E-state index is 0.290. The van der Waals surface area contributed by atoms with Crippen LogP contribution in [0.5, 0.6) is 23.0 Å². The summed E-state index contributed by atoms with van der Waals surface area (Å²) in [5.74, 6) is 2.81. The third-order valence-electron chi connectivity index (χ3n) is 5.58. The number of methoxy groups -OCH3 is 1. The van der Waals surface area contributed by atoms with Crippen molar-refractivity contribution in [1.29, 1.82) is 0 Å². The molecule has 2 aromatic rings. The zero-order valence-electron chi connectivity index (χ0n) is 14.5. The van der Waals surface area contributed by atoms with Crippen molar-refractivity contribution in [3.63, 3.8) is 0 Å². The first-order chi connectivity index (χ1) is 12.8. The Labute approximate surface area is 151 Å². The summed E-state index contributed by atoms with van der Waals surface area (Å²) in [4.78, 5) is 13.4. The maximum Gasteiger partial charge on any atom is 0.298 e. The van der Waals surface area contributed by atoms with Gasteiger partial charge in [0.15, 0.2) is 23.0 Å². The molecule has 3 heterocycles. The smallest absolute Gasteiger partial charge is 0.298 e. The van der Waals surface area contributed by atoms with Crippen LogP contribution in [0, 0.1) is 0 Å². The number of hydrogen-bond donors (Lipinski definition) is 0. The molecule has 0 saturated heterocycles. The lowest BCUT2D eigenvalue weighted by atomic mass is 9.83. The molecule has 6 heteroatoms. The van der Waals surface area contributed by atoms with E-state index in [9.17, 15) is 4.79 Å². The quantitative estimate of drug-likeness (QED) is 0.791. The van der Waals surface area contributed by atoms with Crippen LogP contribution in [0.1, 0.15) is 28.3 Å². The highest BCUT2D eigenvalue weighted by Crippen LogP contribution is 2.46. The molecule has 26 heavy (non-hydrogen) atoms. The van der Waals surface area contributed by atoms with Crippen LogP contribution < -0.4 is 18.9 Å². The van der Waals surface area contributed by atoms with Gasteiger partial charge in [-0.1, -0.05) is 6.07 Å². The molecule has 2 aromatic carbocycles. The fourth-order valence-corrected chi connectivity index (χ4v) is 4.33. The topological polar surface area (TPSA) is 57.2 Å². The number of fused-ring (bicyclic) bond motifs is 5. The number of rotatable bonds is 3. The molecule has 0 N–H and O–H groups in total. The first kappa shape index (κ1) is 15.5. The van der Waals surface area contributed by atoms with Crippen LogP contribution in [-0.4, -0.2) is 31.8 Å². The van der Waals surface area contributed by atoms with E-state index in [1.807, 2.05) is 6.07 Å². The molecule has 0 aliphatic carbocycles. The average Bonchev–Trinajstić information content (AvgIpc) is 3.13. The molecular formula is C20H19NO5. The maximum absolute atomic E-state index is 11.0. The molecule has 5 rings (SSSR count). The zero-order chi connectivity index (χ0) is 17.7. The maximum atomic E-state index is 11.0. The van der Waals surface area contributed by atoms with Gasteiger partial charge in [-0.15, -0.1) is 0 Å². The number of nitrogens with zero attached hydrogens (tertiary/aromatic N) is 1. The molecule has 0 saturated carbocycles. The largest absolute Gasteiger partial charge is 0.493 e. The SMILES string of the molecule is COc1ccc2c(c1OC=O)CN1CCc3cc4c(cc3C1C2)OCO4. The number of hydrogen-bond acceptors (Lipinski definition) is 6. The second-order valence-electron chi connectivity index (χ2n) is 6.79. The van der Waals surface area contributed by atoms with E-state index in [0.717, 1.165) is 43.0 Å². The third-order valence-corrected chi connectivity index (χ3v) is 5.58. The van der Waals surface area contributed by atoms with Gasteiger partial charge in [0, 0.05) is 24.7 Å². The molecule has 0 radical (unpaired) electrons. The van der Waals surface area contributed by atoms with Crippen LogP contribution in [0.25, 0.3) is 0 Å². The Morgan fingerprint density at radius 3 is 2.85 bits per heavy atom. The van der Waals surface area contributed by atoms with Gasteiger partial charge >= 0.3 is 0 Å². The van der Waals surface area contributed by atoms with Gasteiger partial charge in [0.05, 0.1) is 7.11 Å². The van der Waals surface area contributed by atoms with Crippen molar-refractivity contribution in [3.05, 3.63) is 46.5 Å². The predicted octanol–water partition coefficient (Wildman–Crippen LogP) is 2.61. The fourth-order valence-electron chi connectivity index (χ4n) is 4.33. The number of benzene rings is 2. The summed E-state index contributed by atoms with van der Waals surface area (Å²) in [7, 11) is 1.59. The molecule has 1 atom stereocenters. The second kappa shape index (κ2) is 5.92. The van der Waals surface area contributed by atoms with Crippen molar-refractivity contribution in [2.75, 3.05) is 20.4 Å². The predicted molar refractivity (Wildman–Crippen MR) is 92.8 cm³/mol. The summed E-state index contributed by atoms with van der Waals surface area (Å²) in [5.41, 5.74) is 4.86. The van der Waals surface area contributed by atoms with E-state index in [0.29, 0.717) is 30.8 Å². The van der Waals surface area contributed by atoms with Gasteiger partial charge < -0.3 is 18.9 Å². The van der Waals surface area contributed by atoms with E-state index in [2.05, 4.69) is 23.1 Å². The summed E-state index contributed by atoms with van der Waals surface area (Å²) < 4.78 is 21.7. The summed E-state index contributed by atoms with van der Waals surface area (Å²) in [6.07, 6.45) is 1.83. The highest BCUT2D eigenvalue weighted by atomic mass is 16.7. The summed E-state index contributed by atoms with van der Waals surface area (Å²) in [6.45, 7) is 2.45. The lowest BCUT2D eigenvalue weighted by molar-refractivity contribution is -0.120. The number of carbonyl (C=O) groups is 1. The van der Waals surface area contributed by atoms with Crippen LogP contribution in [0.3, 0.4) is 0 Å². The van der Waals surface area contributed by atoms with Crippen molar-refractivity contribution in [2.45, 2.75) is 25.4 Å². The number of carbonyl (C=O) groups excluding carboxylic acids is 1. The molecule has 1 unspecified atom stereocenters. The van der Waals surface area contributed by atoms with E-state index < -0.39 is 0 Å². The van der Waals surface area contributed by atoms with Crippen molar-refractivity contribution in [1.82, 2.24) is 4.90 Å². The lowest BCUT2D eigenvalue weighted by Gasteiger charge is -2.41. The van der Waals surface area contributed by atoms with E-state index in [-0.39, 0.29) is 0 Å². The van der Waals surface area contributed by atoms with Gasteiger partial charge in [-0.2, -0.15) is 0 Å². The molecular weight excluding hydrogens is 334 g/mol. The Balaban J connectivity index is 1.57. The Morgan fingerprint density at radius 2 is 2.04 bits per heavy atom. The van der Waals surface area contributed by atoms with Gasteiger partial charge in [0.25, 0.3) is 6.47 Å². The highest BCUT2D eigenvalue weighted by Gasteiger charge is 2.35. The minimum absolute atomic E-state index is 0.290. The van der Waals surface area contributed by atoms with Crippen LogP contribution >= 0.6 is 0 Å². The Morgan fingerprint density at radius 1 is 1.19 bits per heavy atom. The molecule has 3 aliphatic heterocycles. The van der Waals surface area contributed by atoms with Crippen molar-refractivity contribution in [2.24, 2.45) is 0 Å². The van der Waals surface area contributed by atoms with Crippen LogP contribution in [0.2, 0.25) is 0 Å². The minimum Gasteiger partial charge on any atom is -0.493 e. The van der Waals surface area contributed by atoms with E-state index in [4.69, 9.17) is 18.9 Å². The van der Waals surface area contributed by atoms with Gasteiger partial charge in [-0.3, -0.25) is 9.69 Å². The summed E-state index contributed by atoms with van der Waals surface area (Å²) in [6, 6.07) is 8.49. The fraction of sp³-hybridized carbons (Fsp3) is 0.350. The lowest BCUT2D eigenvalue weighted by Crippen LogP contribution is -2.39. The van der Waals surface area contributed by atoms with E-state index >= 15 is 0 Å². The van der Waals surface area contributed by atoms with E-state index in [1.165, 1.54) is 16.7 Å². The third kappa shape index (κ3) is 2.25. The summed E-state index contributed by atoms with van der Waals surface area (Å²) in [5, 5.41) is 0. The molecule has 0 amide bonds. The Bertz CT molecular complexity index is 894. The highest BCUT2D eigenvalue weighted by molar-refractivity contribution is 5.59. The van der Waals surface area contributed by atoms with Gasteiger partial charge in [-0.05, 0) is 47.7 Å². The molecule has 0 fully saturated rings. The van der Waals surface area contributed by atoms with Crippen molar-refractivity contribution in [3.8, 4) is 23.0 Å². The monoisotopic (exact) mass is 353 g/mol. The van der Waals surface area contributed by atoms with Crippen molar-refractivity contribution < 1.29 is 23.7 Å². The normalized spacial score (nSPS) is 20.0. The van der Waals surface area contributed by atoms with Crippen molar-refractivity contribution >= 4 is 6.47 Å². The second-order valence-corrected chi connectivity index (χ2v) is 6.79. The van der Waals surface area contributed by atoms with Crippen LogP contribution in [0.4, 0.5) is 0 Å². The molecule has 0 spiro atoms. The summed E-state index contributed by atoms with van der Waals surface area (Å²) >= 11 is 0. The zero-order valence-corrected chi connectivity index (χ0v) is 14.5. The first-order valence-corrected chi connectivity index (χ1v) is 8.74. The van der Waals surface area contributed by atoms with Gasteiger partial charge in [0.1, 0.15) is 0 Å². The van der Waals surface area contributed by atoms with Gasteiger partial charge in [-0.25, -0.2) is 0 Å². The van der Waals surface area contributed by atoms with Gasteiger partial charge in [0.2, 0.25) is 6.79 Å². The Kier molecular flexibility index (Phi) is 3.53. The number of ether oxygens (including phenoxy) is 4. The standard InChI is InChI=1S/C20H19NO5/c1-23-17-3-2-12-6-16-14-8-19-18(25-11-26-19)7-13(14)4-5-21(16)9-15(12)20(17)24-10-22/h2-3,7-8,10,16H,4-6,9,11H2,1H3. The van der Waals surface area contributed by atoms with E-state index in [1.54, 1.807) is 7.11 Å². The first-order valence-electron chi connectivity index (χ1n) is 8.74. The average molecular weight is 353 g/mol. The molecule has 0 bridgehead atoms. The van der Waals surface area contributed by atoms with Crippen LogP contribution in [-0.2, 0) is 24.2 Å². The molecule has 134 valence electrons. The Hall–Kier alpha value is -2.73. The molecule has 6 nitrogen and oxygen atoms in total. The molecule has 0 aromatic heterocycles. The molecule has 3 aliphatic rings.